The summed E-state index contributed by atoms with van der Waals surface area (Å²) in [6.07, 6.45) is 0. The molecule has 0 spiro atoms. The van der Waals surface area contributed by atoms with E-state index in [1.165, 1.54) is 18.4 Å². The van der Waals surface area contributed by atoms with Gasteiger partial charge in [0.1, 0.15) is 0 Å². The lowest BCUT2D eigenvalue weighted by Gasteiger charge is -2.11. The van der Waals surface area contributed by atoms with Gasteiger partial charge in [-0.05, 0) is 45.9 Å². The summed E-state index contributed by atoms with van der Waals surface area (Å²) in [5, 5.41) is 2.37. The Balaban J connectivity index is 2.52. The van der Waals surface area contributed by atoms with Gasteiger partial charge in [0, 0.05) is 10.0 Å². The highest BCUT2D eigenvalue weighted by atomic mass is 79.9. The third-order valence-electron chi connectivity index (χ3n) is 2.82. The number of aryl methyl sites for hydroxylation is 1. The Morgan fingerprint density at radius 2 is 1.85 bits per heavy atom. The average molecular weight is 376 g/mol. The fraction of sp³-hybridized carbons (Fsp3) is 0.214. The molecule has 0 fully saturated rings. The molecule has 3 nitrogen and oxygen atoms in total. The van der Waals surface area contributed by atoms with Crippen molar-refractivity contribution in [1.82, 2.24) is 0 Å². The number of rotatable bonds is 4. The van der Waals surface area contributed by atoms with E-state index in [0.29, 0.717) is 31.4 Å². The van der Waals surface area contributed by atoms with Crippen LogP contribution in [0.4, 0.5) is 0 Å². The Hall–Kier alpha value is -1.04. The van der Waals surface area contributed by atoms with Crippen molar-refractivity contribution in [3.05, 3.63) is 43.0 Å². The third-order valence-corrected chi connectivity index (χ3v) is 5.18. The van der Waals surface area contributed by atoms with Crippen LogP contribution >= 0.6 is 38.9 Å². The molecular weight excluding hydrogens is 364 g/mol. The van der Waals surface area contributed by atoms with E-state index in [1.54, 1.807) is 19.2 Å². The second-order valence-electron chi connectivity index (χ2n) is 4.08. The highest BCUT2D eigenvalue weighted by molar-refractivity contribution is 9.10. The molecule has 0 N–H and O–H groups in total. The molecule has 0 aliphatic rings. The van der Waals surface area contributed by atoms with Crippen molar-refractivity contribution in [2.75, 3.05) is 14.2 Å². The number of ether oxygens (including phenoxy) is 2. The van der Waals surface area contributed by atoms with Crippen molar-refractivity contribution in [3.8, 4) is 11.5 Å². The van der Waals surface area contributed by atoms with E-state index in [-0.39, 0.29) is 5.78 Å². The summed E-state index contributed by atoms with van der Waals surface area (Å²) in [5.41, 5.74) is 1.39. The first-order chi connectivity index (χ1) is 9.49. The standard InChI is InChI=1S/C14H12BrClO3S/c1-7-6-20-14(12(7)16)13(17)8-4-10(18-2)11(19-3)5-9(8)15/h4-6H,1-3H3. The average Bonchev–Trinajstić information content (AvgIpc) is 2.78. The zero-order valence-corrected chi connectivity index (χ0v) is 14.3. The summed E-state index contributed by atoms with van der Waals surface area (Å²) in [6, 6.07) is 3.36. The third kappa shape index (κ3) is 2.71. The summed E-state index contributed by atoms with van der Waals surface area (Å²) < 4.78 is 11.1. The van der Waals surface area contributed by atoms with Gasteiger partial charge in [-0.25, -0.2) is 0 Å². The molecule has 0 aliphatic heterocycles. The summed E-state index contributed by atoms with van der Waals surface area (Å²) in [6.45, 7) is 1.87. The predicted molar refractivity (Wildman–Crippen MR) is 84.7 cm³/mol. The van der Waals surface area contributed by atoms with Crippen molar-refractivity contribution < 1.29 is 14.3 Å². The number of halogens is 2. The molecule has 0 aliphatic carbocycles. The van der Waals surface area contributed by atoms with Gasteiger partial charge in [0.05, 0.1) is 24.1 Å². The quantitative estimate of drug-likeness (QED) is 0.725. The van der Waals surface area contributed by atoms with Crippen LogP contribution in [-0.2, 0) is 0 Å². The van der Waals surface area contributed by atoms with Crippen molar-refractivity contribution in [2.24, 2.45) is 0 Å². The number of benzene rings is 1. The summed E-state index contributed by atoms with van der Waals surface area (Å²) in [5.74, 6) is 0.925. The smallest absolute Gasteiger partial charge is 0.205 e. The minimum absolute atomic E-state index is 0.138. The maximum absolute atomic E-state index is 12.6. The maximum atomic E-state index is 12.6. The highest BCUT2D eigenvalue weighted by Gasteiger charge is 2.21. The number of hydrogen-bond donors (Lipinski definition) is 0. The maximum Gasteiger partial charge on any atom is 0.205 e. The Morgan fingerprint density at radius 3 is 2.35 bits per heavy atom. The van der Waals surface area contributed by atoms with Crippen LogP contribution in [0.15, 0.2) is 22.0 Å². The first kappa shape index (κ1) is 15.4. The van der Waals surface area contributed by atoms with E-state index in [0.717, 1.165) is 5.56 Å². The molecule has 1 aromatic heterocycles. The van der Waals surface area contributed by atoms with Crippen LogP contribution in [0, 0.1) is 6.92 Å². The lowest BCUT2D eigenvalue weighted by molar-refractivity contribution is 0.104. The molecule has 0 radical (unpaired) electrons. The molecular formula is C14H12BrClO3S. The Bertz CT molecular complexity index is 667. The normalized spacial score (nSPS) is 10.4. The molecule has 0 unspecified atom stereocenters. The van der Waals surface area contributed by atoms with Crippen molar-refractivity contribution >= 4 is 44.7 Å². The van der Waals surface area contributed by atoms with Crippen molar-refractivity contribution in [2.45, 2.75) is 6.92 Å². The zero-order valence-electron chi connectivity index (χ0n) is 11.1. The van der Waals surface area contributed by atoms with Crippen LogP contribution in [-0.4, -0.2) is 20.0 Å². The monoisotopic (exact) mass is 374 g/mol. The molecule has 1 aromatic carbocycles. The van der Waals surface area contributed by atoms with Crippen LogP contribution < -0.4 is 9.47 Å². The molecule has 1 heterocycles. The SMILES string of the molecule is COc1cc(Br)c(C(=O)c2scc(C)c2Cl)cc1OC. The molecule has 20 heavy (non-hydrogen) atoms. The van der Waals surface area contributed by atoms with Gasteiger partial charge >= 0.3 is 0 Å². The van der Waals surface area contributed by atoms with Crippen LogP contribution in [0.1, 0.15) is 20.8 Å². The zero-order chi connectivity index (χ0) is 14.9. The summed E-state index contributed by atoms with van der Waals surface area (Å²) >= 11 is 10.9. The van der Waals surface area contributed by atoms with E-state index in [4.69, 9.17) is 21.1 Å². The number of methoxy groups -OCH3 is 2. The molecule has 0 amide bonds. The molecule has 0 saturated carbocycles. The largest absolute Gasteiger partial charge is 0.493 e. The number of thiophene rings is 1. The summed E-state index contributed by atoms with van der Waals surface area (Å²) in [4.78, 5) is 13.1. The van der Waals surface area contributed by atoms with Gasteiger partial charge in [0.25, 0.3) is 0 Å². The first-order valence-electron chi connectivity index (χ1n) is 5.69. The van der Waals surface area contributed by atoms with E-state index in [1.807, 2.05) is 12.3 Å². The predicted octanol–water partition coefficient (Wildman–Crippen LogP) is 4.72. The van der Waals surface area contributed by atoms with Gasteiger partial charge in [-0.1, -0.05) is 11.6 Å². The Kier molecular flexibility index (Phi) is 4.73. The van der Waals surface area contributed by atoms with E-state index >= 15 is 0 Å². The second-order valence-corrected chi connectivity index (χ2v) is 6.19. The molecule has 6 heteroatoms. The fourth-order valence-corrected chi connectivity index (χ4v) is 3.47. The topological polar surface area (TPSA) is 35.5 Å². The number of carbonyl (C=O) groups excluding carboxylic acids is 1. The molecule has 0 bridgehead atoms. The highest BCUT2D eigenvalue weighted by Crippen LogP contribution is 2.36. The van der Waals surface area contributed by atoms with Crippen LogP contribution in [0.25, 0.3) is 0 Å². The summed E-state index contributed by atoms with van der Waals surface area (Å²) in [7, 11) is 3.08. The van der Waals surface area contributed by atoms with Crippen LogP contribution in [0.5, 0.6) is 11.5 Å². The Labute approximate surface area is 134 Å². The molecule has 2 rings (SSSR count). The minimum Gasteiger partial charge on any atom is -0.493 e. The lowest BCUT2D eigenvalue weighted by atomic mass is 10.1. The van der Waals surface area contributed by atoms with E-state index in [2.05, 4.69) is 15.9 Å². The van der Waals surface area contributed by atoms with Gasteiger partial charge in [0.2, 0.25) is 5.78 Å². The Morgan fingerprint density at radius 1 is 1.25 bits per heavy atom. The van der Waals surface area contributed by atoms with Crippen molar-refractivity contribution in [3.63, 3.8) is 0 Å². The van der Waals surface area contributed by atoms with Crippen LogP contribution in [0.3, 0.4) is 0 Å². The second kappa shape index (κ2) is 6.16. The molecule has 0 saturated heterocycles. The number of carbonyl (C=O) groups is 1. The van der Waals surface area contributed by atoms with Gasteiger partial charge in [-0.2, -0.15) is 0 Å². The van der Waals surface area contributed by atoms with Crippen molar-refractivity contribution in [1.29, 1.82) is 0 Å². The molecule has 2 aromatic rings. The van der Waals surface area contributed by atoms with E-state index in [9.17, 15) is 4.79 Å². The van der Waals surface area contributed by atoms with Gasteiger partial charge in [-0.3, -0.25) is 4.79 Å². The minimum atomic E-state index is -0.138. The van der Waals surface area contributed by atoms with E-state index < -0.39 is 0 Å². The van der Waals surface area contributed by atoms with Gasteiger partial charge in [0.15, 0.2) is 11.5 Å². The first-order valence-corrected chi connectivity index (χ1v) is 7.74. The number of ketones is 1. The van der Waals surface area contributed by atoms with Gasteiger partial charge in [-0.15, -0.1) is 11.3 Å². The fourth-order valence-electron chi connectivity index (χ4n) is 1.73. The number of hydrogen-bond acceptors (Lipinski definition) is 4. The van der Waals surface area contributed by atoms with Crippen LogP contribution in [0.2, 0.25) is 5.02 Å². The van der Waals surface area contributed by atoms with Gasteiger partial charge < -0.3 is 9.47 Å². The lowest BCUT2D eigenvalue weighted by Crippen LogP contribution is -2.02. The molecule has 0 atom stereocenters. The molecule has 106 valence electrons.